The maximum absolute atomic E-state index is 13.8. The minimum absolute atomic E-state index is 0.702. The molecular formula is C11H17FO8. The van der Waals surface area contributed by atoms with Gasteiger partial charge >= 0.3 is 11.9 Å². The molecule has 6 atom stereocenters. The summed E-state index contributed by atoms with van der Waals surface area (Å²) in [6, 6.07) is 0. The van der Waals surface area contributed by atoms with Crippen LogP contribution >= 0.6 is 0 Å². The molecule has 1 saturated heterocycles. The minimum Gasteiger partial charge on any atom is -0.463 e. The highest BCUT2D eigenvalue weighted by Crippen LogP contribution is 2.25. The third kappa shape index (κ3) is 4.10. The Hall–Kier alpha value is -1.29. The van der Waals surface area contributed by atoms with E-state index in [4.69, 9.17) is 4.74 Å². The van der Waals surface area contributed by atoms with Crippen molar-refractivity contribution in [2.75, 3.05) is 6.61 Å². The molecule has 0 aliphatic carbocycles. The summed E-state index contributed by atoms with van der Waals surface area (Å²) in [6.45, 7) is 1.41. The number of ether oxygens (including phenoxy) is 3. The molecular weight excluding hydrogens is 279 g/mol. The van der Waals surface area contributed by atoms with E-state index in [1.54, 1.807) is 0 Å². The van der Waals surface area contributed by atoms with Crippen LogP contribution in [0.5, 0.6) is 0 Å². The van der Waals surface area contributed by atoms with Crippen LogP contribution in [0.2, 0.25) is 0 Å². The van der Waals surface area contributed by atoms with Crippen molar-refractivity contribution in [3.05, 3.63) is 0 Å². The van der Waals surface area contributed by atoms with Gasteiger partial charge in [-0.1, -0.05) is 0 Å². The van der Waals surface area contributed by atoms with Crippen LogP contribution in [0.3, 0.4) is 0 Å². The zero-order valence-electron chi connectivity index (χ0n) is 10.9. The summed E-state index contributed by atoms with van der Waals surface area (Å²) in [7, 11) is 0. The summed E-state index contributed by atoms with van der Waals surface area (Å²) in [5, 5.41) is 28.8. The predicted octanol–water partition coefficient (Wildman–Crippen LogP) is -1.74. The quantitative estimate of drug-likeness (QED) is 0.522. The van der Waals surface area contributed by atoms with Gasteiger partial charge in [0, 0.05) is 13.8 Å². The molecule has 0 spiro atoms. The first kappa shape index (κ1) is 16.8. The highest BCUT2D eigenvalue weighted by Gasteiger charge is 2.48. The van der Waals surface area contributed by atoms with Crippen LogP contribution in [0.15, 0.2) is 0 Å². The Morgan fingerprint density at radius 3 is 2.25 bits per heavy atom. The Bertz CT molecular complexity index is 362. The molecule has 1 heterocycles. The van der Waals surface area contributed by atoms with Gasteiger partial charge in [0.05, 0.1) is 0 Å². The smallest absolute Gasteiger partial charge is 0.305 e. The minimum atomic E-state index is -1.96. The predicted molar refractivity (Wildman–Crippen MR) is 60.0 cm³/mol. The Kier molecular flexibility index (Phi) is 5.81. The fraction of sp³-hybridized carbons (Fsp3) is 0.818. The first-order valence-electron chi connectivity index (χ1n) is 5.88. The van der Waals surface area contributed by atoms with Crippen molar-refractivity contribution >= 4 is 11.9 Å². The number of aliphatic hydroxyl groups excluding tert-OH is 3. The van der Waals surface area contributed by atoms with Crippen LogP contribution < -0.4 is 0 Å². The van der Waals surface area contributed by atoms with Gasteiger partial charge < -0.3 is 29.5 Å². The van der Waals surface area contributed by atoms with Crippen LogP contribution in [0.4, 0.5) is 4.39 Å². The summed E-state index contributed by atoms with van der Waals surface area (Å²) in [4.78, 5) is 21.4. The lowest BCUT2D eigenvalue weighted by molar-refractivity contribution is -0.298. The van der Waals surface area contributed by atoms with Crippen molar-refractivity contribution < 1.29 is 43.5 Å². The van der Waals surface area contributed by atoms with E-state index in [9.17, 15) is 29.3 Å². The van der Waals surface area contributed by atoms with Gasteiger partial charge in [0.2, 0.25) is 6.29 Å². The largest absolute Gasteiger partial charge is 0.463 e. The number of carbonyl (C=O) groups is 2. The number of rotatable bonds is 4. The maximum atomic E-state index is 13.8. The Morgan fingerprint density at radius 2 is 1.75 bits per heavy atom. The normalized spacial score (nSPS) is 35.2. The number of aliphatic hydroxyl groups is 3. The van der Waals surface area contributed by atoms with Crippen molar-refractivity contribution in [3.8, 4) is 0 Å². The summed E-state index contributed by atoms with van der Waals surface area (Å²) in [5.41, 5.74) is 0. The van der Waals surface area contributed by atoms with Gasteiger partial charge in [-0.25, -0.2) is 4.39 Å². The molecule has 0 amide bonds. The van der Waals surface area contributed by atoms with E-state index in [1.165, 1.54) is 0 Å². The molecule has 3 N–H and O–H groups in total. The standard InChI is InChI=1S/C11H17FO8/c1-4(13)18-3-6(12)10-8(16)7(15)9(17)11(20-10)19-5(2)14/h6-11,15-17H,3H2,1-2H3/t6?,7-,8-,9-,10+,11?/m0/s1. The topological polar surface area (TPSA) is 123 Å². The molecule has 0 saturated carbocycles. The monoisotopic (exact) mass is 296 g/mol. The fourth-order valence-corrected chi connectivity index (χ4v) is 1.73. The third-order valence-corrected chi connectivity index (χ3v) is 2.69. The molecule has 1 fully saturated rings. The summed E-state index contributed by atoms with van der Waals surface area (Å²) in [6.07, 6.45) is -10.4. The van der Waals surface area contributed by atoms with Crippen LogP contribution in [0, 0.1) is 0 Å². The van der Waals surface area contributed by atoms with Gasteiger partial charge in [-0.15, -0.1) is 0 Å². The molecule has 0 aromatic carbocycles. The first-order valence-corrected chi connectivity index (χ1v) is 5.88. The van der Waals surface area contributed by atoms with E-state index in [0.717, 1.165) is 13.8 Å². The average Bonchev–Trinajstić information content (AvgIpc) is 2.36. The zero-order valence-corrected chi connectivity index (χ0v) is 10.9. The van der Waals surface area contributed by atoms with Crippen LogP contribution in [0.1, 0.15) is 13.8 Å². The van der Waals surface area contributed by atoms with Crippen LogP contribution in [-0.4, -0.2) is 70.7 Å². The maximum Gasteiger partial charge on any atom is 0.305 e. The van der Waals surface area contributed by atoms with Crippen LogP contribution in [0.25, 0.3) is 0 Å². The Balaban J connectivity index is 2.73. The summed E-state index contributed by atoms with van der Waals surface area (Å²) >= 11 is 0. The van der Waals surface area contributed by atoms with Crippen LogP contribution in [-0.2, 0) is 23.8 Å². The second kappa shape index (κ2) is 6.93. The highest BCUT2D eigenvalue weighted by molar-refractivity contribution is 5.66. The molecule has 0 bridgehead atoms. The average molecular weight is 296 g/mol. The number of halogens is 1. The van der Waals surface area contributed by atoms with E-state index in [0.29, 0.717) is 0 Å². The molecule has 9 heteroatoms. The second-order valence-corrected chi connectivity index (χ2v) is 4.37. The van der Waals surface area contributed by atoms with Crippen molar-refractivity contribution in [2.24, 2.45) is 0 Å². The highest BCUT2D eigenvalue weighted by atomic mass is 19.1. The Morgan fingerprint density at radius 1 is 1.15 bits per heavy atom. The van der Waals surface area contributed by atoms with Gasteiger partial charge in [0.25, 0.3) is 0 Å². The van der Waals surface area contributed by atoms with Gasteiger partial charge in [0.1, 0.15) is 31.0 Å². The van der Waals surface area contributed by atoms with Gasteiger partial charge in [0.15, 0.2) is 6.17 Å². The van der Waals surface area contributed by atoms with E-state index in [1.807, 2.05) is 0 Å². The van der Waals surface area contributed by atoms with Crippen molar-refractivity contribution in [2.45, 2.75) is 50.7 Å². The fourth-order valence-electron chi connectivity index (χ4n) is 1.73. The molecule has 1 rings (SSSR count). The van der Waals surface area contributed by atoms with E-state index < -0.39 is 55.4 Å². The Labute approximate surface area is 114 Å². The van der Waals surface area contributed by atoms with Crippen molar-refractivity contribution in [1.82, 2.24) is 0 Å². The molecule has 0 aromatic heterocycles. The molecule has 0 radical (unpaired) electrons. The SMILES string of the molecule is CC(=O)OCC(F)[C@H]1OC(OC(C)=O)[C@@H](O)[C@@H](O)[C@@H]1O. The molecule has 1 aliphatic rings. The molecule has 1 aliphatic heterocycles. The first-order chi connectivity index (χ1) is 9.23. The molecule has 2 unspecified atom stereocenters. The summed E-state index contributed by atoms with van der Waals surface area (Å²) < 4.78 is 27.7. The van der Waals surface area contributed by atoms with Crippen molar-refractivity contribution in [3.63, 3.8) is 0 Å². The molecule has 8 nitrogen and oxygen atoms in total. The third-order valence-electron chi connectivity index (χ3n) is 2.69. The van der Waals surface area contributed by atoms with Gasteiger partial charge in [-0.2, -0.15) is 0 Å². The van der Waals surface area contributed by atoms with E-state index >= 15 is 0 Å². The van der Waals surface area contributed by atoms with E-state index in [-0.39, 0.29) is 0 Å². The van der Waals surface area contributed by atoms with E-state index in [2.05, 4.69) is 9.47 Å². The summed E-state index contributed by atoms with van der Waals surface area (Å²) in [5.74, 6) is -1.54. The number of alkyl halides is 1. The number of hydrogen-bond donors (Lipinski definition) is 3. The molecule has 20 heavy (non-hydrogen) atoms. The van der Waals surface area contributed by atoms with Crippen molar-refractivity contribution in [1.29, 1.82) is 0 Å². The van der Waals surface area contributed by atoms with Gasteiger partial charge in [-0.3, -0.25) is 9.59 Å². The zero-order chi connectivity index (χ0) is 15.4. The lowest BCUT2D eigenvalue weighted by Crippen LogP contribution is -2.61. The second-order valence-electron chi connectivity index (χ2n) is 4.37. The number of hydrogen-bond acceptors (Lipinski definition) is 8. The lowest BCUT2D eigenvalue weighted by atomic mass is 9.96. The number of carbonyl (C=O) groups excluding carboxylic acids is 2. The molecule has 0 aromatic rings. The lowest BCUT2D eigenvalue weighted by Gasteiger charge is -2.40. The molecule has 116 valence electrons. The number of esters is 2. The van der Waals surface area contributed by atoms with Gasteiger partial charge in [-0.05, 0) is 0 Å².